The van der Waals surface area contributed by atoms with Crippen LogP contribution < -0.4 is 10.5 Å². The van der Waals surface area contributed by atoms with Crippen LogP contribution in [0.3, 0.4) is 0 Å². The maximum absolute atomic E-state index is 5.62. The highest BCUT2D eigenvalue weighted by Crippen LogP contribution is 2.12. The van der Waals surface area contributed by atoms with Crippen molar-refractivity contribution >= 4 is 5.82 Å². The summed E-state index contributed by atoms with van der Waals surface area (Å²) in [5.74, 6) is 1.35. The molecule has 1 heterocycles. The molecule has 90 valence electrons. The van der Waals surface area contributed by atoms with Crippen molar-refractivity contribution in [2.45, 2.75) is 19.9 Å². The number of nitrogens with two attached hydrogens (primary N) is 1. The summed E-state index contributed by atoms with van der Waals surface area (Å²) in [4.78, 5) is 0. The minimum atomic E-state index is 0.449. The van der Waals surface area contributed by atoms with Crippen molar-refractivity contribution in [3.63, 3.8) is 0 Å². The fraction of sp³-hybridized carbons (Fsp3) is 0.333. The van der Waals surface area contributed by atoms with E-state index >= 15 is 0 Å². The first kappa shape index (κ1) is 11.4. The van der Waals surface area contributed by atoms with Crippen molar-refractivity contribution in [2.75, 3.05) is 12.3 Å². The number of aryl methyl sites for hydroxylation is 2. The lowest BCUT2D eigenvalue weighted by Crippen LogP contribution is -2.05. The lowest BCUT2D eigenvalue weighted by atomic mass is 10.2. The molecule has 0 unspecified atom stereocenters. The van der Waals surface area contributed by atoms with Gasteiger partial charge < -0.3 is 10.5 Å². The molecular weight excluding hydrogens is 216 g/mol. The van der Waals surface area contributed by atoms with E-state index in [0.717, 1.165) is 18.7 Å². The second-order valence-electron chi connectivity index (χ2n) is 3.93. The SMILES string of the molecule is Cc1cccc(OCCCn2cc(N)nn2)c1. The minimum Gasteiger partial charge on any atom is -0.494 e. The first-order valence-corrected chi connectivity index (χ1v) is 5.59. The normalized spacial score (nSPS) is 10.4. The summed E-state index contributed by atoms with van der Waals surface area (Å²) < 4.78 is 7.34. The number of hydrogen-bond donors (Lipinski definition) is 1. The lowest BCUT2D eigenvalue weighted by molar-refractivity contribution is 0.298. The molecule has 0 amide bonds. The monoisotopic (exact) mass is 232 g/mol. The molecule has 0 spiro atoms. The Morgan fingerprint density at radius 2 is 2.29 bits per heavy atom. The number of ether oxygens (including phenoxy) is 1. The smallest absolute Gasteiger partial charge is 0.165 e. The van der Waals surface area contributed by atoms with Gasteiger partial charge in [0.15, 0.2) is 5.82 Å². The molecule has 2 aromatic rings. The zero-order chi connectivity index (χ0) is 12.1. The number of aromatic nitrogens is 3. The zero-order valence-electron chi connectivity index (χ0n) is 9.84. The average Bonchev–Trinajstić information content (AvgIpc) is 2.71. The van der Waals surface area contributed by atoms with Gasteiger partial charge in [0.25, 0.3) is 0 Å². The number of nitrogens with zero attached hydrogens (tertiary/aromatic N) is 3. The van der Waals surface area contributed by atoms with Crippen molar-refractivity contribution < 1.29 is 4.74 Å². The van der Waals surface area contributed by atoms with Crippen LogP contribution in [0.1, 0.15) is 12.0 Å². The average molecular weight is 232 g/mol. The van der Waals surface area contributed by atoms with Gasteiger partial charge >= 0.3 is 0 Å². The van der Waals surface area contributed by atoms with E-state index in [1.807, 2.05) is 31.2 Å². The fourth-order valence-electron chi connectivity index (χ4n) is 1.54. The molecule has 0 aliphatic carbocycles. The Morgan fingerprint density at radius 3 is 3.00 bits per heavy atom. The molecule has 0 radical (unpaired) electrons. The quantitative estimate of drug-likeness (QED) is 0.796. The van der Waals surface area contributed by atoms with E-state index in [1.165, 1.54) is 5.56 Å². The second kappa shape index (κ2) is 5.34. The van der Waals surface area contributed by atoms with Crippen LogP contribution >= 0.6 is 0 Å². The molecule has 0 aliphatic heterocycles. The first-order chi connectivity index (χ1) is 8.24. The van der Waals surface area contributed by atoms with Crippen LogP contribution in [0.5, 0.6) is 5.75 Å². The van der Waals surface area contributed by atoms with E-state index in [0.29, 0.717) is 12.4 Å². The summed E-state index contributed by atoms with van der Waals surface area (Å²) in [6.45, 7) is 3.46. The Hall–Kier alpha value is -2.04. The van der Waals surface area contributed by atoms with Crippen LogP contribution in [0.25, 0.3) is 0 Å². The number of nitrogen functional groups attached to an aromatic ring is 1. The molecule has 5 heteroatoms. The molecule has 2 N–H and O–H groups in total. The first-order valence-electron chi connectivity index (χ1n) is 5.59. The molecule has 0 aliphatic rings. The van der Waals surface area contributed by atoms with E-state index in [1.54, 1.807) is 10.9 Å². The van der Waals surface area contributed by atoms with Crippen LogP contribution in [0.2, 0.25) is 0 Å². The van der Waals surface area contributed by atoms with Gasteiger partial charge in [0, 0.05) is 13.0 Å². The summed E-state index contributed by atoms with van der Waals surface area (Å²) in [7, 11) is 0. The summed E-state index contributed by atoms with van der Waals surface area (Å²) in [6.07, 6.45) is 2.59. The predicted octanol–water partition coefficient (Wildman–Crippen LogP) is 1.64. The van der Waals surface area contributed by atoms with Crippen LogP contribution in [0.4, 0.5) is 5.82 Å². The molecule has 1 aromatic heterocycles. The van der Waals surface area contributed by atoms with Gasteiger partial charge in [-0.3, -0.25) is 4.68 Å². The van der Waals surface area contributed by atoms with Gasteiger partial charge in [-0.25, -0.2) is 0 Å². The van der Waals surface area contributed by atoms with Gasteiger partial charge in [-0.2, -0.15) is 0 Å². The summed E-state index contributed by atoms with van der Waals surface area (Å²) in [5.41, 5.74) is 6.67. The Balaban J connectivity index is 1.73. The Kier molecular flexibility index (Phi) is 3.59. The van der Waals surface area contributed by atoms with Crippen LogP contribution in [0.15, 0.2) is 30.5 Å². The highest BCUT2D eigenvalue weighted by Gasteiger charge is 1.97. The third-order valence-corrected chi connectivity index (χ3v) is 2.35. The molecule has 0 saturated heterocycles. The van der Waals surface area contributed by atoms with Gasteiger partial charge in [0.2, 0.25) is 0 Å². The van der Waals surface area contributed by atoms with Crippen molar-refractivity contribution in [3.8, 4) is 5.75 Å². The predicted molar refractivity (Wildman–Crippen MR) is 65.7 cm³/mol. The van der Waals surface area contributed by atoms with E-state index in [4.69, 9.17) is 10.5 Å². The Labute approximate surface area is 100 Å². The highest BCUT2D eigenvalue weighted by atomic mass is 16.5. The second-order valence-corrected chi connectivity index (χ2v) is 3.93. The number of anilines is 1. The maximum Gasteiger partial charge on any atom is 0.165 e. The summed E-state index contributed by atoms with van der Waals surface area (Å²) in [6, 6.07) is 8.02. The van der Waals surface area contributed by atoms with E-state index in [9.17, 15) is 0 Å². The van der Waals surface area contributed by atoms with Crippen molar-refractivity contribution in [1.82, 2.24) is 15.0 Å². The molecule has 5 nitrogen and oxygen atoms in total. The molecule has 0 atom stereocenters. The van der Waals surface area contributed by atoms with Gasteiger partial charge in [-0.1, -0.05) is 17.3 Å². The number of hydrogen-bond acceptors (Lipinski definition) is 4. The van der Waals surface area contributed by atoms with Gasteiger partial charge in [-0.05, 0) is 24.6 Å². The molecular formula is C12H16N4O. The third-order valence-electron chi connectivity index (χ3n) is 2.35. The third kappa shape index (κ3) is 3.48. The highest BCUT2D eigenvalue weighted by molar-refractivity contribution is 5.27. The van der Waals surface area contributed by atoms with E-state index < -0.39 is 0 Å². The van der Waals surface area contributed by atoms with Crippen LogP contribution in [0, 0.1) is 6.92 Å². The molecule has 1 aromatic carbocycles. The Morgan fingerprint density at radius 1 is 1.41 bits per heavy atom. The van der Waals surface area contributed by atoms with Crippen molar-refractivity contribution in [1.29, 1.82) is 0 Å². The molecule has 2 rings (SSSR count). The standard InChI is InChI=1S/C12H16N4O/c1-10-4-2-5-11(8-10)17-7-3-6-16-9-12(13)14-15-16/h2,4-5,8-9H,3,6-7,13H2,1H3. The van der Waals surface area contributed by atoms with Gasteiger partial charge in [-0.15, -0.1) is 5.10 Å². The maximum atomic E-state index is 5.62. The minimum absolute atomic E-state index is 0.449. The fourth-order valence-corrected chi connectivity index (χ4v) is 1.54. The largest absolute Gasteiger partial charge is 0.494 e. The number of benzene rings is 1. The summed E-state index contributed by atoms with van der Waals surface area (Å²) in [5, 5.41) is 7.58. The van der Waals surface area contributed by atoms with Crippen LogP contribution in [-0.2, 0) is 6.54 Å². The zero-order valence-corrected chi connectivity index (χ0v) is 9.84. The molecule has 17 heavy (non-hydrogen) atoms. The van der Waals surface area contributed by atoms with E-state index in [-0.39, 0.29) is 0 Å². The molecule has 0 bridgehead atoms. The Bertz CT molecular complexity index is 481. The van der Waals surface area contributed by atoms with Crippen molar-refractivity contribution in [3.05, 3.63) is 36.0 Å². The van der Waals surface area contributed by atoms with Crippen LogP contribution in [-0.4, -0.2) is 21.6 Å². The molecule has 0 saturated carbocycles. The topological polar surface area (TPSA) is 66.0 Å². The molecule has 0 fully saturated rings. The lowest BCUT2D eigenvalue weighted by Gasteiger charge is -2.06. The van der Waals surface area contributed by atoms with Gasteiger partial charge in [0.1, 0.15) is 5.75 Å². The summed E-state index contributed by atoms with van der Waals surface area (Å²) >= 11 is 0. The van der Waals surface area contributed by atoms with Crippen molar-refractivity contribution in [2.24, 2.45) is 0 Å². The number of rotatable bonds is 5. The van der Waals surface area contributed by atoms with E-state index in [2.05, 4.69) is 10.3 Å². The van der Waals surface area contributed by atoms with Gasteiger partial charge in [0.05, 0.1) is 12.8 Å².